The van der Waals surface area contributed by atoms with E-state index in [-0.39, 0.29) is 17.2 Å². The van der Waals surface area contributed by atoms with Crippen LogP contribution < -0.4 is 9.47 Å². The van der Waals surface area contributed by atoms with Crippen molar-refractivity contribution in [3.05, 3.63) is 29.6 Å². The van der Waals surface area contributed by atoms with Crippen LogP contribution in [0.15, 0.2) is 18.2 Å². The van der Waals surface area contributed by atoms with Crippen LogP contribution in [0.25, 0.3) is 10.9 Å². The van der Waals surface area contributed by atoms with Gasteiger partial charge in [0.1, 0.15) is 22.6 Å². The smallest absolute Gasteiger partial charge is 0.341 e. The maximum absolute atomic E-state index is 13.3. The normalized spacial score (nSPS) is 10.4. The molecule has 0 aliphatic carbocycles. The lowest BCUT2D eigenvalue weighted by Crippen LogP contribution is -2.03. The Morgan fingerprint density at radius 3 is 2.56 bits per heavy atom. The topological polar surface area (TPSA) is 68.7 Å². The standard InChI is InChI=1S/C12H10FNO4/c1-17-9-5-7(13)3-6-4-8(12(15)16)11(18-2)14-10(6)9/h3-5H,1-2H3,(H,15,16). The van der Waals surface area contributed by atoms with E-state index in [2.05, 4.69) is 4.98 Å². The van der Waals surface area contributed by atoms with E-state index in [0.717, 1.165) is 0 Å². The van der Waals surface area contributed by atoms with Crippen molar-refractivity contribution in [1.29, 1.82) is 0 Å². The molecule has 0 radical (unpaired) electrons. The third-order valence-corrected chi connectivity index (χ3v) is 2.46. The van der Waals surface area contributed by atoms with E-state index in [4.69, 9.17) is 14.6 Å². The molecule has 6 heteroatoms. The van der Waals surface area contributed by atoms with Crippen LogP contribution in [0.4, 0.5) is 4.39 Å². The molecule has 2 rings (SSSR count). The molecule has 94 valence electrons. The molecule has 2 aromatic rings. The molecule has 1 aromatic heterocycles. The summed E-state index contributed by atoms with van der Waals surface area (Å²) in [7, 11) is 2.70. The second-order valence-electron chi connectivity index (χ2n) is 3.53. The van der Waals surface area contributed by atoms with Crippen LogP contribution in [0.1, 0.15) is 10.4 Å². The first kappa shape index (κ1) is 12.1. The van der Waals surface area contributed by atoms with Gasteiger partial charge >= 0.3 is 5.97 Å². The van der Waals surface area contributed by atoms with Gasteiger partial charge in [-0.3, -0.25) is 0 Å². The quantitative estimate of drug-likeness (QED) is 0.904. The van der Waals surface area contributed by atoms with Crippen LogP contribution in [0, 0.1) is 5.82 Å². The van der Waals surface area contributed by atoms with Gasteiger partial charge in [-0.25, -0.2) is 14.2 Å². The van der Waals surface area contributed by atoms with Crippen molar-refractivity contribution in [1.82, 2.24) is 4.98 Å². The summed E-state index contributed by atoms with van der Waals surface area (Å²) in [5.74, 6) is -1.53. The van der Waals surface area contributed by atoms with Crippen molar-refractivity contribution in [3.8, 4) is 11.6 Å². The Kier molecular flexibility index (Phi) is 3.01. The Morgan fingerprint density at radius 2 is 2.00 bits per heavy atom. The first-order chi connectivity index (χ1) is 8.56. The Morgan fingerprint density at radius 1 is 1.28 bits per heavy atom. The van der Waals surface area contributed by atoms with E-state index in [9.17, 15) is 9.18 Å². The molecule has 0 amide bonds. The average molecular weight is 251 g/mol. The first-order valence-electron chi connectivity index (χ1n) is 5.02. The van der Waals surface area contributed by atoms with Crippen molar-refractivity contribution in [3.63, 3.8) is 0 Å². The monoisotopic (exact) mass is 251 g/mol. The molecular weight excluding hydrogens is 241 g/mol. The number of carbonyl (C=O) groups is 1. The molecule has 0 saturated heterocycles. The molecule has 1 heterocycles. The number of rotatable bonds is 3. The van der Waals surface area contributed by atoms with E-state index < -0.39 is 11.8 Å². The maximum Gasteiger partial charge on any atom is 0.341 e. The van der Waals surface area contributed by atoms with Gasteiger partial charge in [-0.2, -0.15) is 0 Å². The molecule has 18 heavy (non-hydrogen) atoms. The second-order valence-corrected chi connectivity index (χ2v) is 3.53. The summed E-state index contributed by atoms with van der Waals surface area (Å²) >= 11 is 0. The number of carboxylic acids is 1. The van der Waals surface area contributed by atoms with Crippen molar-refractivity contribution in [2.24, 2.45) is 0 Å². The Balaban J connectivity index is 2.82. The Bertz CT molecular complexity index is 627. The first-order valence-corrected chi connectivity index (χ1v) is 5.02. The average Bonchev–Trinajstić information content (AvgIpc) is 2.35. The van der Waals surface area contributed by atoms with Gasteiger partial charge in [0, 0.05) is 11.5 Å². The number of fused-ring (bicyclic) bond motifs is 1. The molecule has 0 fully saturated rings. The summed E-state index contributed by atoms with van der Waals surface area (Å²) in [5.41, 5.74) is 0.221. The Hall–Kier alpha value is -2.37. The molecule has 0 spiro atoms. The predicted molar refractivity (Wildman–Crippen MR) is 61.8 cm³/mol. The van der Waals surface area contributed by atoms with Crippen LogP contribution in [0.2, 0.25) is 0 Å². The molecule has 0 aliphatic heterocycles. The second kappa shape index (κ2) is 4.48. The lowest BCUT2D eigenvalue weighted by molar-refractivity contribution is 0.0692. The van der Waals surface area contributed by atoms with Gasteiger partial charge in [0.25, 0.3) is 0 Å². The van der Waals surface area contributed by atoms with Crippen molar-refractivity contribution < 1.29 is 23.8 Å². The summed E-state index contributed by atoms with van der Waals surface area (Å²) in [5, 5.41) is 9.35. The van der Waals surface area contributed by atoms with Crippen molar-refractivity contribution >= 4 is 16.9 Å². The number of hydrogen-bond acceptors (Lipinski definition) is 4. The number of pyridine rings is 1. The third kappa shape index (κ3) is 1.92. The van der Waals surface area contributed by atoms with Gasteiger partial charge in [0.05, 0.1) is 14.2 Å². The van der Waals surface area contributed by atoms with E-state index in [1.54, 1.807) is 0 Å². The summed E-state index contributed by atoms with van der Waals surface area (Å²) in [6.45, 7) is 0. The molecule has 0 unspecified atom stereocenters. The highest BCUT2D eigenvalue weighted by Crippen LogP contribution is 2.29. The zero-order chi connectivity index (χ0) is 13.3. The number of aromatic nitrogens is 1. The van der Waals surface area contributed by atoms with Crippen LogP contribution in [0.5, 0.6) is 11.6 Å². The van der Waals surface area contributed by atoms with Gasteiger partial charge in [-0.15, -0.1) is 0 Å². The minimum Gasteiger partial charge on any atom is -0.494 e. The SMILES string of the molecule is COc1nc2c(OC)cc(F)cc2cc1C(=O)O. The molecule has 0 atom stereocenters. The fourth-order valence-corrected chi connectivity index (χ4v) is 1.67. The van der Waals surface area contributed by atoms with Gasteiger partial charge < -0.3 is 14.6 Å². The van der Waals surface area contributed by atoms with Crippen LogP contribution in [-0.4, -0.2) is 30.3 Å². The van der Waals surface area contributed by atoms with Crippen LogP contribution in [0.3, 0.4) is 0 Å². The maximum atomic E-state index is 13.3. The zero-order valence-electron chi connectivity index (χ0n) is 9.73. The fraction of sp³-hybridized carbons (Fsp3) is 0.167. The molecule has 0 bridgehead atoms. The summed E-state index contributed by atoms with van der Waals surface area (Å²) in [4.78, 5) is 15.1. The minimum atomic E-state index is -1.19. The number of benzene rings is 1. The van der Waals surface area contributed by atoms with Gasteiger partial charge in [0.2, 0.25) is 5.88 Å². The lowest BCUT2D eigenvalue weighted by atomic mass is 10.1. The number of aromatic carboxylic acids is 1. The Labute approximate surface area is 102 Å². The van der Waals surface area contributed by atoms with Gasteiger partial charge in [0.15, 0.2) is 0 Å². The minimum absolute atomic E-state index is 0.0418. The van der Waals surface area contributed by atoms with Crippen molar-refractivity contribution in [2.75, 3.05) is 14.2 Å². The van der Waals surface area contributed by atoms with E-state index in [1.165, 1.54) is 32.4 Å². The lowest BCUT2D eigenvalue weighted by Gasteiger charge is -2.09. The highest BCUT2D eigenvalue weighted by atomic mass is 19.1. The highest BCUT2D eigenvalue weighted by Gasteiger charge is 2.16. The van der Waals surface area contributed by atoms with Gasteiger partial charge in [-0.05, 0) is 12.1 Å². The number of carboxylic acid groups (broad SMARTS) is 1. The number of ether oxygens (including phenoxy) is 2. The molecule has 5 nitrogen and oxygen atoms in total. The molecule has 0 saturated carbocycles. The van der Waals surface area contributed by atoms with Crippen LogP contribution in [-0.2, 0) is 0 Å². The summed E-state index contributed by atoms with van der Waals surface area (Å²) < 4.78 is 23.2. The molecule has 1 N–H and O–H groups in total. The molecule has 0 aliphatic rings. The highest BCUT2D eigenvalue weighted by molar-refractivity contribution is 5.96. The number of halogens is 1. The predicted octanol–water partition coefficient (Wildman–Crippen LogP) is 2.09. The fourth-order valence-electron chi connectivity index (χ4n) is 1.67. The molecule has 1 aromatic carbocycles. The zero-order valence-corrected chi connectivity index (χ0v) is 9.73. The number of nitrogens with zero attached hydrogens (tertiary/aromatic N) is 1. The largest absolute Gasteiger partial charge is 0.494 e. The van der Waals surface area contributed by atoms with Gasteiger partial charge in [-0.1, -0.05) is 0 Å². The van der Waals surface area contributed by atoms with E-state index >= 15 is 0 Å². The molecular formula is C12H10FNO4. The third-order valence-electron chi connectivity index (χ3n) is 2.46. The number of methoxy groups -OCH3 is 2. The van der Waals surface area contributed by atoms with E-state index in [1.807, 2.05) is 0 Å². The number of hydrogen-bond donors (Lipinski definition) is 1. The summed E-state index contributed by atoms with van der Waals surface area (Å²) in [6, 6.07) is 3.67. The summed E-state index contributed by atoms with van der Waals surface area (Å²) in [6.07, 6.45) is 0. The van der Waals surface area contributed by atoms with Crippen molar-refractivity contribution in [2.45, 2.75) is 0 Å². The van der Waals surface area contributed by atoms with Crippen LogP contribution >= 0.6 is 0 Å². The van der Waals surface area contributed by atoms with E-state index in [0.29, 0.717) is 10.9 Å².